The van der Waals surface area contributed by atoms with Crippen LogP contribution in [0, 0.1) is 5.82 Å². The molecule has 0 saturated heterocycles. The molecule has 0 aliphatic rings. The maximum atomic E-state index is 13.0. The molecule has 0 radical (unpaired) electrons. The number of hydrogen-bond donors (Lipinski definition) is 1. The van der Waals surface area contributed by atoms with Gasteiger partial charge in [-0.25, -0.2) is 12.8 Å². The minimum atomic E-state index is -4.10. The van der Waals surface area contributed by atoms with Gasteiger partial charge in [0.05, 0.1) is 10.6 Å². The number of hydrogen-bond acceptors (Lipinski definition) is 3. The third kappa shape index (κ3) is 3.87. The second-order valence-electron chi connectivity index (χ2n) is 4.88. The number of carboxylic acids is 1. The molecule has 0 unspecified atom stereocenters. The summed E-state index contributed by atoms with van der Waals surface area (Å²) in [6.45, 7) is 1.24. The summed E-state index contributed by atoms with van der Waals surface area (Å²) < 4.78 is 39.1. The number of anilines is 1. The Balaban J connectivity index is 2.48. The summed E-state index contributed by atoms with van der Waals surface area (Å²) in [7, 11) is -4.10. The van der Waals surface area contributed by atoms with Crippen molar-refractivity contribution in [1.29, 1.82) is 0 Å². The van der Waals surface area contributed by atoms with E-state index < -0.39 is 28.4 Å². The fraction of sp³-hybridized carbons (Fsp3) is 0.188. The van der Waals surface area contributed by atoms with Crippen molar-refractivity contribution in [3.8, 4) is 0 Å². The first-order chi connectivity index (χ1) is 10.8. The first-order valence-corrected chi connectivity index (χ1v) is 8.37. The van der Waals surface area contributed by atoms with Crippen LogP contribution in [-0.4, -0.2) is 26.0 Å². The van der Waals surface area contributed by atoms with Gasteiger partial charge in [-0.05, 0) is 48.4 Å². The van der Waals surface area contributed by atoms with Crippen LogP contribution in [0.2, 0.25) is 0 Å². The van der Waals surface area contributed by atoms with Gasteiger partial charge in [0.1, 0.15) is 12.4 Å². The first kappa shape index (κ1) is 17.0. The summed E-state index contributed by atoms with van der Waals surface area (Å²) in [6, 6.07) is 10.9. The quantitative estimate of drug-likeness (QED) is 0.879. The molecular formula is C16H16FNO4S. The Bertz CT molecular complexity index is 786. The predicted molar refractivity (Wildman–Crippen MR) is 84.4 cm³/mol. The molecule has 0 atom stereocenters. The van der Waals surface area contributed by atoms with Crippen molar-refractivity contribution in [1.82, 2.24) is 0 Å². The Morgan fingerprint density at radius 2 is 1.65 bits per heavy atom. The Morgan fingerprint density at radius 3 is 2.13 bits per heavy atom. The van der Waals surface area contributed by atoms with Gasteiger partial charge in [0.25, 0.3) is 10.0 Å². The standard InChI is InChI=1S/C16H16FNO4S/c1-2-12-3-7-14(8-4-12)18(11-16(19)20)23(21,22)15-9-5-13(17)6-10-15/h3-10H,2,11H2,1H3,(H,19,20). The van der Waals surface area contributed by atoms with E-state index in [1.807, 2.05) is 6.92 Å². The van der Waals surface area contributed by atoms with Crippen molar-refractivity contribution in [3.63, 3.8) is 0 Å². The Labute approximate surface area is 134 Å². The molecule has 5 nitrogen and oxygen atoms in total. The number of benzene rings is 2. The van der Waals surface area contributed by atoms with Gasteiger partial charge >= 0.3 is 5.97 Å². The summed E-state index contributed by atoms with van der Waals surface area (Å²) >= 11 is 0. The van der Waals surface area contributed by atoms with Gasteiger partial charge in [-0.2, -0.15) is 0 Å². The van der Waals surface area contributed by atoms with Gasteiger partial charge in [0.2, 0.25) is 0 Å². The van der Waals surface area contributed by atoms with Gasteiger partial charge in [-0.3, -0.25) is 9.10 Å². The topological polar surface area (TPSA) is 74.7 Å². The third-order valence-electron chi connectivity index (χ3n) is 3.31. The predicted octanol–water partition coefficient (Wildman–Crippen LogP) is 2.67. The lowest BCUT2D eigenvalue weighted by Gasteiger charge is -2.23. The number of aliphatic carboxylic acids is 1. The fourth-order valence-corrected chi connectivity index (χ4v) is 3.48. The van der Waals surface area contributed by atoms with Crippen molar-refractivity contribution >= 4 is 21.7 Å². The number of rotatable bonds is 6. The molecule has 0 bridgehead atoms. The zero-order valence-corrected chi connectivity index (χ0v) is 13.3. The van der Waals surface area contributed by atoms with Gasteiger partial charge in [-0.1, -0.05) is 19.1 Å². The van der Waals surface area contributed by atoms with E-state index in [0.717, 1.165) is 40.6 Å². The molecule has 0 heterocycles. The highest BCUT2D eigenvalue weighted by atomic mass is 32.2. The van der Waals surface area contributed by atoms with Gasteiger partial charge < -0.3 is 5.11 Å². The van der Waals surface area contributed by atoms with Crippen LogP contribution < -0.4 is 4.31 Å². The zero-order chi connectivity index (χ0) is 17.0. The van der Waals surface area contributed by atoms with E-state index in [1.54, 1.807) is 24.3 Å². The maximum Gasteiger partial charge on any atom is 0.324 e. The van der Waals surface area contributed by atoms with Crippen LogP contribution in [0.5, 0.6) is 0 Å². The van der Waals surface area contributed by atoms with E-state index in [9.17, 15) is 17.6 Å². The van der Waals surface area contributed by atoms with Crippen LogP contribution in [0.1, 0.15) is 12.5 Å². The number of carboxylic acid groups (broad SMARTS) is 1. The second kappa shape index (κ2) is 6.78. The molecule has 0 spiro atoms. The van der Waals surface area contributed by atoms with Crippen molar-refractivity contribution in [3.05, 3.63) is 59.9 Å². The summed E-state index contributed by atoms with van der Waals surface area (Å²) in [6.07, 6.45) is 0.782. The molecule has 1 N–H and O–H groups in total. The Hall–Kier alpha value is -2.41. The monoisotopic (exact) mass is 337 g/mol. The van der Waals surface area contributed by atoms with Crippen LogP contribution in [-0.2, 0) is 21.2 Å². The molecule has 0 aromatic heterocycles. The maximum absolute atomic E-state index is 13.0. The van der Waals surface area contributed by atoms with E-state index in [2.05, 4.69) is 0 Å². The van der Waals surface area contributed by atoms with Gasteiger partial charge in [-0.15, -0.1) is 0 Å². The van der Waals surface area contributed by atoms with Crippen molar-refractivity contribution < 1.29 is 22.7 Å². The number of halogens is 1. The summed E-state index contributed by atoms with van der Waals surface area (Å²) in [4.78, 5) is 10.9. The molecule has 23 heavy (non-hydrogen) atoms. The first-order valence-electron chi connectivity index (χ1n) is 6.93. The molecule has 122 valence electrons. The molecule has 0 amide bonds. The van der Waals surface area contributed by atoms with Crippen LogP contribution >= 0.6 is 0 Å². The van der Waals surface area contributed by atoms with Crippen LogP contribution in [0.4, 0.5) is 10.1 Å². The lowest BCUT2D eigenvalue weighted by atomic mass is 10.1. The minimum absolute atomic E-state index is 0.167. The van der Waals surface area contributed by atoms with Gasteiger partial charge in [0.15, 0.2) is 0 Å². The molecule has 0 aliphatic carbocycles. The molecule has 2 aromatic carbocycles. The van der Waals surface area contributed by atoms with E-state index >= 15 is 0 Å². The highest BCUT2D eigenvalue weighted by Crippen LogP contribution is 2.24. The third-order valence-corrected chi connectivity index (χ3v) is 5.10. The van der Waals surface area contributed by atoms with E-state index in [-0.39, 0.29) is 10.6 Å². The molecule has 0 fully saturated rings. The SMILES string of the molecule is CCc1ccc(N(CC(=O)O)S(=O)(=O)c2ccc(F)cc2)cc1. The van der Waals surface area contributed by atoms with E-state index in [0.29, 0.717) is 0 Å². The Morgan fingerprint density at radius 1 is 1.09 bits per heavy atom. The molecule has 7 heteroatoms. The molecule has 2 aromatic rings. The largest absolute Gasteiger partial charge is 0.480 e. The molecule has 0 saturated carbocycles. The average molecular weight is 337 g/mol. The normalized spacial score (nSPS) is 11.2. The summed E-state index contributed by atoms with van der Waals surface area (Å²) in [5, 5.41) is 9.03. The molecule has 0 aliphatic heterocycles. The lowest BCUT2D eigenvalue weighted by Crippen LogP contribution is -2.35. The average Bonchev–Trinajstić information content (AvgIpc) is 2.53. The van der Waals surface area contributed by atoms with Gasteiger partial charge in [0, 0.05) is 0 Å². The zero-order valence-electron chi connectivity index (χ0n) is 12.4. The van der Waals surface area contributed by atoms with Crippen LogP contribution in [0.15, 0.2) is 53.4 Å². The fourth-order valence-electron chi connectivity index (χ4n) is 2.07. The van der Waals surface area contributed by atoms with Crippen molar-refractivity contribution in [2.45, 2.75) is 18.2 Å². The minimum Gasteiger partial charge on any atom is -0.480 e. The number of aryl methyl sites for hydroxylation is 1. The van der Waals surface area contributed by atoms with Crippen LogP contribution in [0.25, 0.3) is 0 Å². The molecule has 2 rings (SSSR count). The summed E-state index contributed by atoms with van der Waals surface area (Å²) in [5.74, 6) is -1.85. The lowest BCUT2D eigenvalue weighted by molar-refractivity contribution is -0.135. The van der Waals surface area contributed by atoms with Crippen molar-refractivity contribution in [2.75, 3.05) is 10.8 Å². The number of carbonyl (C=O) groups is 1. The second-order valence-corrected chi connectivity index (χ2v) is 6.74. The van der Waals surface area contributed by atoms with Crippen molar-refractivity contribution in [2.24, 2.45) is 0 Å². The van der Waals surface area contributed by atoms with Crippen LogP contribution in [0.3, 0.4) is 0 Å². The highest BCUT2D eigenvalue weighted by Gasteiger charge is 2.27. The number of nitrogens with zero attached hydrogens (tertiary/aromatic N) is 1. The Kier molecular flexibility index (Phi) is 5.00. The summed E-state index contributed by atoms with van der Waals surface area (Å²) in [5.41, 5.74) is 1.25. The highest BCUT2D eigenvalue weighted by molar-refractivity contribution is 7.92. The molecular weight excluding hydrogens is 321 g/mol. The van der Waals surface area contributed by atoms with E-state index in [1.165, 1.54) is 0 Å². The number of sulfonamides is 1. The smallest absolute Gasteiger partial charge is 0.324 e. The van der Waals surface area contributed by atoms with E-state index in [4.69, 9.17) is 5.11 Å².